The summed E-state index contributed by atoms with van der Waals surface area (Å²) in [4.78, 5) is 12.9. The first-order chi connectivity index (χ1) is 7.79. The van der Waals surface area contributed by atoms with Gasteiger partial charge in [0, 0.05) is 12.6 Å². The number of amides is 1. The van der Waals surface area contributed by atoms with Gasteiger partial charge in [-0.2, -0.15) is 0 Å². The average Bonchev–Trinajstić information content (AvgIpc) is 2.28. The molecule has 0 unspecified atom stereocenters. The van der Waals surface area contributed by atoms with Crippen molar-refractivity contribution in [3.05, 3.63) is 23.8 Å². The third-order valence-electron chi connectivity index (χ3n) is 2.97. The zero-order valence-electron chi connectivity index (χ0n) is 10.4. The van der Waals surface area contributed by atoms with E-state index in [1.807, 2.05) is 25.8 Å². The number of likely N-dealkylation sites (N-methyl/N-ethyl adjacent to an activating group) is 1. The summed E-state index contributed by atoms with van der Waals surface area (Å²) in [6.45, 7) is 3.73. The number of primary amides is 1. The molecule has 1 amide bonds. The molecule has 0 aromatic heterocycles. The Bertz CT molecular complexity index is 430. The van der Waals surface area contributed by atoms with Gasteiger partial charge in [0.05, 0.1) is 23.5 Å². The van der Waals surface area contributed by atoms with Crippen molar-refractivity contribution in [2.75, 3.05) is 24.3 Å². The minimum absolute atomic E-state index is 0.0241. The molecule has 1 aromatic rings. The highest BCUT2D eigenvalue weighted by molar-refractivity contribution is 5.95. The second kappa shape index (κ2) is 4.63. The molecular weight excluding hydrogens is 218 g/mol. The average molecular weight is 237 g/mol. The van der Waals surface area contributed by atoms with Gasteiger partial charge in [-0.15, -0.1) is 0 Å². The topological polar surface area (TPSA) is 92.6 Å². The van der Waals surface area contributed by atoms with Gasteiger partial charge in [0.2, 0.25) is 5.91 Å². The summed E-state index contributed by atoms with van der Waals surface area (Å²) in [6.07, 6.45) is 0. The van der Waals surface area contributed by atoms with Crippen molar-refractivity contribution in [1.29, 1.82) is 0 Å². The van der Waals surface area contributed by atoms with Crippen LogP contribution < -0.4 is 16.4 Å². The highest BCUT2D eigenvalue weighted by Crippen LogP contribution is 2.28. The maximum atomic E-state index is 11.1. The van der Waals surface area contributed by atoms with Crippen molar-refractivity contribution in [3.63, 3.8) is 0 Å². The van der Waals surface area contributed by atoms with E-state index < -0.39 is 11.4 Å². The molecule has 0 saturated heterocycles. The second-order valence-corrected chi connectivity index (χ2v) is 4.67. The summed E-state index contributed by atoms with van der Waals surface area (Å²) in [7, 11) is 1.81. The maximum absolute atomic E-state index is 11.1. The Kier molecular flexibility index (Phi) is 3.63. The lowest BCUT2D eigenvalue weighted by Crippen LogP contribution is -2.44. The van der Waals surface area contributed by atoms with Crippen molar-refractivity contribution in [2.45, 2.75) is 19.4 Å². The van der Waals surface area contributed by atoms with Crippen LogP contribution in [0, 0.1) is 0 Å². The van der Waals surface area contributed by atoms with E-state index in [9.17, 15) is 9.90 Å². The van der Waals surface area contributed by atoms with Gasteiger partial charge in [0.1, 0.15) is 0 Å². The van der Waals surface area contributed by atoms with Crippen molar-refractivity contribution in [1.82, 2.24) is 0 Å². The molecule has 0 aliphatic heterocycles. The van der Waals surface area contributed by atoms with Gasteiger partial charge >= 0.3 is 0 Å². The summed E-state index contributed by atoms with van der Waals surface area (Å²) in [5, 5.41) is 9.32. The third kappa shape index (κ3) is 2.68. The van der Waals surface area contributed by atoms with E-state index in [-0.39, 0.29) is 6.61 Å². The summed E-state index contributed by atoms with van der Waals surface area (Å²) in [5.41, 5.74) is 12.2. The van der Waals surface area contributed by atoms with E-state index in [4.69, 9.17) is 11.5 Å². The Labute approximate surface area is 101 Å². The number of carbonyl (C=O) groups is 1. The maximum Gasteiger partial charge on any atom is 0.248 e. The fourth-order valence-corrected chi connectivity index (χ4v) is 1.42. The lowest BCUT2D eigenvalue weighted by Gasteiger charge is -2.36. The molecule has 0 aliphatic rings. The molecule has 0 spiro atoms. The van der Waals surface area contributed by atoms with E-state index in [0.29, 0.717) is 16.9 Å². The van der Waals surface area contributed by atoms with E-state index in [0.717, 1.165) is 0 Å². The van der Waals surface area contributed by atoms with Crippen LogP contribution in [-0.2, 0) is 0 Å². The van der Waals surface area contributed by atoms with Gasteiger partial charge in [0.15, 0.2) is 0 Å². The Hall–Kier alpha value is -1.75. The van der Waals surface area contributed by atoms with Crippen molar-refractivity contribution >= 4 is 17.3 Å². The SMILES string of the molecule is CN(c1cc(C(N)=O)ccc1N)C(C)(C)CO. The number of benzene rings is 1. The number of aliphatic hydroxyl groups is 1. The van der Waals surface area contributed by atoms with Gasteiger partial charge in [-0.1, -0.05) is 0 Å². The van der Waals surface area contributed by atoms with Gasteiger partial charge in [-0.25, -0.2) is 0 Å². The molecule has 0 radical (unpaired) electrons. The van der Waals surface area contributed by atoms with E-state index >= 15 is 0 Å². The third-order valence-corrected chi connectivity index (χ3v) is 2.97. The summed E-state index contributed by atoms with van der Waals surface area (Å²) in [5.74, 6) is -0.499. The molecule has 5 heteroatoms. The Morgan fingerprint density at radius 1 is 1.47 bits per heavy atom. The first-order valence-electron chi connectivity index (χ1n) is 5.33. The fraction of sp³-hybridized carbons (Fsp3) is 0.417. The molecule has 0 atom stereocenters. The summed E-state index contributed by atoms with van der Waals surface area (Å²) >= 11 is 0. The van der Waals surface area contributed by atoms with Crippen LogP contribution in [0.1, 0.15) is 24.2 Å². The van der Waals surface area contributed by atoms with Crippen LogP contribution in [0.5, 0.6) is 0 Å². The lowest BCUT2D eigenvalue weighted by molar-refractivity contribution is 0.100. The molecule has 17 heavy (non-hydrogen) atoms. The number of hydrogen-bond donors (Lipinski definition) is 3. The van der Waals surface area contributed by atoms with Crippen LogP contribution in [-0.4, -0.2) is 30.2 Å². The standard InChI is InChI=1S/C12H19N3O2/c1-12(2,7-16)15(3)10-6-8(11(14)17)4-5-9(10)13/h4-6,16H,7,13H2,1-3H3,(H2,14,17). The Morgan fingerprint density at radius 2 is 2.06 bits per heavy atom. The van der Waals surface area contributed by atoms with Gasteiger partial charge in [0.25, 0.3) is 0 Å². The lowest BCUT2D eigenvalue weighted by atomic mass is 10.0. The van der Waals surface area contributed by atoms with Crippen LogP contribution in [0.4, 0.5) is 11.4 Å². The van der Waals surface area contributed by atoms with Crippen LogP contribution in [0.2, 0.25) is 0 Å². The summed E-state index contributed by atoms with van der Waals surface area (Å²) < 4.78 is 0. The number of nitrogens with two attached hydrogens (primary N) is 2. The van der Waals surface area contributed by atoms with E-state index in [1.165, 1.54) is 0 Å². The number of anilines is 2. The molecule has 0 saturated carbocycles. The number of rotatable bonds is 4. The first kappa shape index (κ1) is 13.3. The molecule has 0 heterocycles. The first-order valence-corrected chi connectivity index (χ1v) is 5.33. The second-order valence-electron chi connectivity index (χ2n) is 4.67. The number of carbonyl (C=O) groups excluding carboxylic acids is 1. The molecule has 0 aliphatic carbocycles. The van der Waals surface area contributed by atoms with E-state index in [2.05, 4.69) is 0 Å². The van der Waals surface area contributed by atoms with Crippen LogP contribution in [0.3, 0.4) is 0 Å². The highest BCUT2D eigenvalue weighted by atomic mass is 16.3. The predicted octanol–water partition coefficient (Wildman–Crippen LogP) is 0.575. The van der Waals surface area contributed by atoms with Crippen molar-refractivity contribution < 1.29 is 9.90 Å². The highest BCUT2D eigenvalue weighted by Gasteiger charge is 2.24. The minimum Gasteiger partial charge on any atom is -0.397 e. The molecule has 5 nitrogen and oxygen atoms in total. The molecule has 0 bridgehead atoms. The monoisotopic (exact) mass is 237 g/mol. The molecule has 1 rings (SSSR count). The summed E-state index contributed by atoms with van der Waals surface area (Å²) in [6, 6.07) is 4.86. The largest absolute Gasteiger partial charge is 0.397 e. The van der Waals surface area contributed by atoms with E-state index in [1.54, 1.807) is 18.2 Å². The van der Waals surface area contributed by atoms with Crippen LogP contribution >= 0.6 is 0 Å². The number of nitrogen functional groups attached to an aromatic ring is 1. The predicted molar refractivity (Wildman–Crippen MR) is 68.9 cm³/mol. The number of hydrogen-bond acceptors (Lipinski definition) is 4. The van der Waals surface area contributed by atoms with Gasteiger partial charge in [-0.3, -0.25) is 4.79 Å². The number of aliphatic hydroxyl groups excluding tert-OH is 1. The van der Waals surface area contributed by atoms with Crippen molar-refractivity contribution in [3.8, 4) is 0 Å². The quantitative estimate of drug-likeness (QED) is 0.668. The van der Waals surface area contributed by atoms with Gasteiger partial charge in [-0.05, 0) is 32.0 Å². The number of nitrogens with zero attached hydrogens (tertiary/aromatic N) is 1. The smallest absolute Gasteiger partial charge is 0.248 e. The molecule has 1 aromatic carbocycles. The molecule has 5 N–H and O–H groups in total. The Balaban J connectivity index is 3.21. The normalized spacial score (nSPS) is 11.3. The minimum atomic E-state index is -0.499. The zero-order chi connectivity index (χ0) is 13.2. The van der Waals surface area contributed by atoms with Crippen LogP contribution in [0.15, 0.2) is 18.2 Å². The Morgan fingerprint density at radius 3 is 2.53 bits per heavy atom. The molecule has 94 valence electrons. The molecular formula is C12H19N3O2. The molecule has 0 fully saturated rings. The van der Waals surface area contributed by atoms with Crippen molar-refractivity contribution in [2.24, 2.45) is 5.73 Å². The zero-order valence-corrected chi connectivity index (χ0v) is 10.4. The van der Waals surface area contributed by atoms with Gasteiger partial charge < -0.3 is 21.5 Å². The fourth-order valence-electron chi connectivity index (χ4n) is 1.42. The van der Waals surface area contributed by atoms with Crippen LogP contribution in [0.25, 0.3) is 0 Å².